The van der Waals surface area contributed by atoms with Crippen molar-refractivity contribution in [3.8, 4) is 0 Å². The van der Waals surface area contributed by atoms with Gasteiger partial charge in [0.15, 0.2) is 0 Å². The van der Waals surface area contributed by atoms with E-state index in [1.807, 2.05) is 35.0 Å². The fourth-order valence-electron chi connectivity index (χ4n) is 2.89. The molecule has 0 atom stereocenters. The number of benzene rings is 1. The first-order valence-corrected chi connectivity index (χ1v) is 12.3. The van der Waals surface area contributed by atoms with E-state index in [9.17, 15) is 17.6 Å². The molecule has 0 bridgehead atoms. The lowest BCUT2D eigenvalue weighted by molar-refractivity contribution is 0.0733. The van der Waals surface area contributed by atoms with Crippen LogP contribution in [0.2, 0.25) is 0 Å². The van der Waals surface area contributed by atoms with Gasteiger partial charge in [-0.25, -0.2) is 17.5 Å². The van der Waals surface area contributed by atoms with Crippen LogP contribution in [0.4, 0.5) is 4.39 Å². The minimum Gasteiger partial charge on any atom is -0.328 e. The highest BCUT2D eigenvalue weighted by atomic mass is 32.2. The summed E-state index contributed by atoms with van der Waals surface area (Å²) < 4.78 is 41.7. The third kappa shape index (κ3) is 4.92. The maximum absolute atomic E-state index is 14.3. The first-order valence-electron chi connectivity index (χ1n) is 9.08. The van der Waals surface area contributed by atoms with Crippen molar-refractivity contribution in [2.75, 3.05) is 0 Å². The van der Waals surface area contributed by atoms with Gasteiger partial charge >= 0.3 is 0 Å². The lowest BCUT2D eigenvalue weighted by atomic mass is 10.2. The SMILES string of the molecule is O=C(c1ccc(F)c(S(=O)(=O)NC2CC2)c1)N(Cc1cccs1)Cc1cccs1. The van der Waals surface area contributed by atoms with Gasteiger partial charge in [0.2, 0.25) is 10.0 Å². The van der Waals surface area contributed by atoms with Crippen molar-refractivity contribution >= 4 is 38.6 Å². The number of nitrogens with one attached hydrogen (secondary N) is 1. The van der Waals surface area contributed by atoms with Crippen molar-refractivity contribution in [3.63, 3.8) is 0 Å². The van der Waals surface area contributed by atoms with E-state index in [2.05, 4.69) is 4.72 Å². The second kappa shape index (κ2) is 8.35. The van der Waals surface area contributed by atoms with E-state index >= 15 is 0 Å². The Hall–Kier alpha value is -2.07. The second-order valence-corrected chi connectivity index (χ2v) is 10.6. The quantitative estimate of drug-likeness (QED) is 0.558. The van der Waals surface area contributed by atoms with Gasteiger partial charge in [-0.2, -0.15) is 0 Å². The fourth-order valence-corrected chi connectivity index (χ4v) is 5.74. The van der Waals surface area contributed by atoms with Gasteiger partial charge < -0.3 is 4.90 Å². The minimum atomic E-state index is -4.00. The Kier molecular flexibility index (Phi) is 5.82. The Bertz CT molecular complexity index is 1060. The van der Waals surface area contributed by atoms with E-state index < -0.39 is 20.7 Å². The molecule has 2 heterocycles. The van der Waals surface area contributed by atoms with Gasteiger partial charge in [-0.3, -0.25) is 4.79 Å². The van der Waals surface area contributed by atoms with Crippen LogP contribution in [-0.2, 0) is 23.1 Å². The summed E-state index contributed by atoms with van der Waals surface area (Å²) in [5, 5.41) is 3.88. The van der Waals surface area contributed by atoms with E-state index in [1.165, 1.54) is 6.07 Å². The van der Waals surface area contributed by atoms with Gasteiger partial charge in [-0.15, -0.1) is 22.7 Å². The number of thiophene rings is 2. The minimum absolute atomic E-state index is 0.145. The molecule has 1 amide bonds. The molecule has 0 aliphatic heterocycles. The molecule has 1 N–H and O–H groups in total. The Morgan fingerprint density at radius 3 is 2.21 bits per heavy atom. The number of sulfonamides is 1. The highest BCUT2D eigenvalue weighted by Gasteiger charge is 2.30. The molecule has 2 aromatic heterocycles. The zero-order valence-corrected chi connectivity index (χ0v) is 17.8. The lowest BCUT2D eigenvalue weighted by Crippen LogP contribution is -2.30. The topological polar surface area (TPSA) is 66.5 Å². The largest absolute Gasteiger partial charge is 0.328 e. The van der Waals surface area contributed by atoms with Crippen molar-refractivity contribution in [2.45, 2.75) is 36.9 Å². The molecule has 1 aromatic carbocycles. The summed E-state index contributed by atoms with van der Waals surface area (Å²) in [6, 6.07) is 11.1. The Balaban J connectivity index is 1.63. The van der Waals surface area contributed by atoms with E-state index in [4.69, 9.17) is 0 Å². The van der Waals surface area contributed by atoms with Crippen LogP contribution in [0.15, 0.2) is 58.1 Å². The highest BCUT2D eigenvalue weighted by Crippen LogP contribution is 2.25. The van der Waals surface area contributed by atoms with Crippen LogP contribution in [0.1, 0.15) is 33.0 Å². The third-order valence-electron chi connectivity index (χ3n) is 4.51. The summed E-state index contributed by atoms with van der Waals surface area (Å²) in [5.41, 5.74) is 0.149. The number of carbonyl (C=O) groups is 1. The summed E-state index contributed by atoms with van der Waals surface area (Å²) in [5.74, 6) is -1.20. The van der Waals surface area contributed by atoms with Gasteiger partial charge in [0.25, 0.3) is 5.91 Å². The van der Waals surface area contributed by atoms with Gasteiger partial charge in [0.05, 0.1) is 13.1 Å². The smallest absolute Gasteiger partial charge is 0.254 e. The van der Waals surface area contributed by atoms with Gasteiger partial charge in [0.1, 0.15) is 10.7 Å². The Morgan fingerprint density at radius 1 is 1.07 bits per heavy atom. The molecule has 5 nitrogen and oxygen atoms in total. The molecule has 0 radical (unpaired) electrons. The standard InChI is InChI=1S/C20H19FN2O3S3/c21-18-8-5-14(11-19(18)29(25,26)22-15-6-7-15)20(24)23(12-16-3-1-9-27-16)13-17-4-2-10-28-17/h1-5,8-11,15,22H,6-7,12-13H2. The predicted molar refractivity (Wildman–Crippen MR) is 112 cm³/mol. The number of carbonyl (C=O) groups excluding carboxylic acids is 1. The zero-order valence-electron chi connectivity index (χ0n) is 15.4. The Labute approximate surface area is 176 Å². The Morgan fingerprint density at radius 2 is 1.69 bits per heavy atom. The normalized spacial score (nSPS) is 14.1. The van der Waals surface area contributed by atoms with Crippen LogP contribution in [0, 0.1) is 5.82 Å². The van der Waals surface area contributed by atoms with Crippen LogP contribution < -0.4 is 4.72 Å². The maximum Gasteiger partial charge on any atom is 0.254 e. The molecule has 1 aliphatic rings. The number of hydrogen-bond donors (Lipinski definition) is 1. The third-order valence-corrected chi connectivity index (χ3v) is 7.77. The number of nitrogens with zero attached hydrogens (tertiary/aromatic N) is 1. The van der Waals surface area contributed by atoms with E-state index in [0.29, 0.717) is 13.1 Å². The molecular weight excluding hydrogens is 431 g/mol. The summed E-state index contributed by atoms with van der Waals surface area (Å²) in [7, 11) is -4.00. The lowest BCUT2D eigenvalue weighted by Gasteiger charge is -2.22. The molecule has 1 saturated carbocycles. The van der Waals surface area contributed by atoms with Crippen LogP contribution in [-0.4, -0.2) is 25.3 Å². The summed E-state index contributed by atoms with van der Waals surface area (Å²) in [4.78, 5) is 16.4. The van der Waals surface area contributed by atoms with Gasteiger partial charge in [-0.05, 0) is 53.9 Å². The predicted octanol–water partition coefficient (Wildman–Crippen LogP) is 4.23. The molecule has 0 saturated heterocycles. The molecule has 1 fully saturated rings. The van der Waals surface area contributed by atoms with Crippen LogP contribution in [0.3, 0.4) is 0 Å². The number of rotatable bonds is 8. The average molecular weight is 451 g/mol. The van der Waals surface area contributed by atoms with Crippen molar-refractivity contribution in [3.05, 3.63) is 74.4 Å². The van der Waals surface area contributed by atoms with E-state index in [-0.39, 0.29) is 17.5 Å². The van der Waals surface area contributed by atoms with Crippen molar-refractivity contribution in [1.29, 1.82) is 0 Å². The molecule has 3 aromatic rings. The maximum atomic E-state index is 14.3. The van der Waals surface area contributed by atoms with Crippen LogP contribution in [0.25, 0.3) is 0 Å². The van der Waals surface area contributed by atoms with Crippen LogP contribution >= 0.6 is 22.7 Å². The molecule has 0 unspecified atom stereocenters. The van der Waals surface area contributed by atoms with Crippen LogP contribution in [0.5, 0.6) is 0 Å². The summed E-state index contributed by atoms with van der Waals surface area (Å²) >= 11 is 3.09. The molecule has 29 heavy (non-hydrogen) atoms. The molecule has 1 aliphatic carbocycles. The first-order chi connectivity index (χ1) is 13.9. The van der Waals surface area contributed by atoms with Crippen molar-refractivity contribution < 1.29 is 17.6 Å². The highest BCUT2D eigenvalue weighted by molar-refractivity contribution is 7.89. The van der Waals surface area contributed by atoms with Crippen molar-refractivity contribution in [2.24, 2.45) is 0 Å². The zero-order chi connectivity index (χ0) is 20.4. The van der Waals surface area contributed by atoms with Gasteiger partial charge in [-0.1, -0.05) is 12.1 Å². The number of hydrogen-bond acceptors (Lipinski definition) is 5. The first kappa shape index (κ1) is 20.2. The molecular formula is C20H19FN2O3S3. The summed E-state index contributed by atoms with van der Waals surface area (Å²) in [6.45, 7) is 0.794. The number of amides is 1. The van der Waals surface area contributed by atoms with E-state index in [0.717, 1.165) is 34.7 Å². The molecule has 4 rings (SSSR count). The average Bonchev–Trinajstić information content (AvgIpc) is 3.12. The summed E-state index contributed by atoms with van der Waals surface area (Å²) in [6.07, 6.45) is 1.49. The van der Waals surface area contributed by atoms with Crippen molar-refractivity contribution in [1.82, 2.24) is 9.62 Å². The molecule has 0 spiro atoms. The molecule has 152 valence electrons. The van der Waals surface area contributed by atoms with Gasteiger partial charge in [0, 0.05) is 21.4 Å². The second-order valence-electron chi connectivity index (χ2n) is 6.86. The molecule has 9 heteroatoms. The monoisotopic (exact) mass is 450 g/mol. The van der Waals surface area contributed by atoms with E-state index in [1.54, 1.807) is 27.6 Å². The number of halogens is 1. The fraction of sp³-hybridized carbons (Fsp3) is 0.250.